The van der Waals surface area contributed by atoms with Crippen molar-refractivity contribution in [3.63, 3.8) is 0 Å². The molecule has 0 saturated carbocycles. The summed E-state index contributed by atoms with van der Waals surface area (Å²) in [7, 11) is 1.89. The minimum atomic E-state index is -0.205. The lowest BCUT2D eigenvalue weighted by Gasteiger charge is -2.02. The third-order valence-electron chi connectivity index (χ3n) is 1.89. The Bertz CT molecular complexity index is 276. The van der Waals surface area contributed by atoms with Crippen molar-refractivity contribution in [2.45, 2.75) is 12.8 Å². The number of rotatable bonds is 4. The highest BCUT2D eigenvalue weighted by Gasteiger charge is 2.01. The summed E-state index contributed by atoms with van der Waals surface area (Å²) in [5.74, 6) is -0.205. The van der Waals surface area contributed by atoms with Gasteiger partial charge in [0.2, 0.25) is 0 Å². The summed E-state index contributed by atoms with van der Waals surface area (Å²) in [5, 5.41) is 3.47. The molecule has 0 aliphatic heterocycles. The molecule has 0 fully saturated rings. The molecular formula is C10H13ClFN. The largest absolute Gasteiger partial charge is 0.320 e. The SMILES string of the molecule is CNCCCc1ccc(Cl)cc1F. The second-order valence-corrected chi connectivity index (χ2v) is 3.38. The first-order chi connectivity index (χ1) is 6.24. The van der Waals surface area contributed by atoms with Gasteiger partial charge in [-0.2, -0.15) is 0 Å². The Morgan fingerprint density at radius 2 is 2.23 bits per heavy atom. The molecule has 0 aromatic heterocycles. The van der Waals surface area contributed by atoms with Crippen LogP contribution in [-0.4, -0.2) is 13.6 Å². The lowest BCUT2D eigenvalue weighted by Crippen LogP contribution is -2.08. The molecular weight excluding hydrogens is 189 g/mol. The number of hydrogen-bond acceptors (Lipinski definition) is 1. The predicted molar refractivity (Wildman–Crippen MR) is 53.7 cm³/mol. The molecule has 0 spiro atoms. The van der Waals surface area contributed by atoms with Crippen LogP contribution in [0.25, 0.3) is 0 Å². The molecule has 0 radical (unpaired) electrons. The third kappa shape index (κ3) is 3.33. The van der Waals surface area contributed by atoms with E-state index in [-0.39, 0.29) is 5.82 Å². The highest BCUT2D eigenvalue weighted by Crippen LogP contribution is 2.15. The van der Waals surface area contributed by atoms with Crippen LogP contribution in [0.3, 0.4) is 0 Å². The molecule has 72 valence electrons. The first-order valence-electron chi connectivity index (χ1n) is 4.32. The lowest BCUT2D eigenvalue weighted by molar-refractivity contribution is 0.601. The monoisotopic (exact) mass is 201 g/mol. The van der Waals surface area contributed by atoms with E-state index in [1.807, 2.05) is 7.05 Å². The molecule has 1 rings (SSSR count). The van der Waals surface area contributed by atoms with Crippen molar-refractivity contribution < 1.29 is 4.39 Å². The molecule has 1 aromatic carbocycles. The molecule has 0 amide bonds. The molecule has 1 N–H and O–H groups in total. The Hall–Kier alpha value is -0.600. The van der Waals surface area contributed by atoms with Gasteiger partial charge in [0.05, 0.1) is 0 Å². The van der Waals surface area contributed by atoms with Gasteiger partial charge in [-0.25, -0.2) is 4.39 Å². The molecule has 0 atom stereocenters. The van der Waals surface area contributed by atoms with Crippen LogP contribution in [0.1, 0.15) is 12.0 Å². The Morgan fingerprint density at radius 3 is 2.85 bits per heavy atom. The van der Waals surface area contributed by atoms with E-state index in [1.165, 1.54) is 6.07 Å². The Balaban J connectivity index is 2.56. The Labute approximate surface area is 82.9 Å². The fraction of sp³-hybridized carbons (Fsp3) is 0.400. The summed E-state index contributed by atoms with van der Waals surface area (Å²) >= 11 is 5.63. The van der Waals surface area contributed by atoms with Crippen molar-refractivity contribution in [3.8, 4) is 0 Å². The van der Waals surface area contributed by atoms with Crippen molar-refractivity contribution in [3.05, 3.63) is 34.6 Å². The summed E-state index contributed by atoms with van der Waals surface area (Å²) in [6.45, 7) is 0.905. The number of hydrogen-bond donors (Lipinski definition) is 1. The summed E-state index contributed by atoms with van der Waals surface area (Å²) in [5.41, 5.74) is 0.736. The quantitative estimate of drug-likeness (QED) is 0.739. The highest BCUT2D eigenvalue weighted by atomic mass is 35.5. The van der Waals surface area contributed by atoms with Gasteiger partial charge in [0, 0.05) is 5.02 Å². The van der Waals surface area contributed by atoms with Crippen LogP contribution < -0.4 is 5.32 Å². The molecule has 0 bridgehead atoms. The fourth-order valence-electron chi connectivity index (χ4n) is 1.18. The lowest BCUT2D eigenvalue weighted by atomic mass is 10.1. The number of benzene rings is 1. The summed E-state index contributed by atoms with van der Waals surface area (Å²) < 4.78 is 13.2. The average Bonchev–Trinajstić information content (AvgIpc) is 2.09. The van der Waals surface area contributed by atoms with Crippen LogP contribution in [0, 0.1) is 5.82 Å². The molecule has 13 heavy (non-hydrogen) atoms. The van der Waals surface area contributed by atoms with Crippen LogP contribution in [0.15, 0.2) is 18.2 Å². The molecule has 0 saturated heterocycles. The van der Waals surface area contributed by atoms with Crippen molar-refractivity contribution in [1.29, 1.82) is 0 Å². The minimum Gasteiger partial charge on any atom is -0.320 e. The van der Waals surface area contributed by atoms with Crippen LogP contribution in [-0.2, 0) is 6.42 Å². The standard InChI is InChI=1S/C10H13ClFN/c1-13-6-2-3-8-4-5-9(11)7-10(8)12/h4-5,7,13H,2-3,6H2,1H3. The first-order valence-corrected chi connectivity index (χ1v) is 4.70. The van der Waals surface area contributed by atoms with Crippen LogP contribution in [0.4, 0.5) is 4.39 Å². The van der Waals surface area contributed by atoms with Gasteiger partial charge in [-0.05, 0) is 44.1 Å². The summed E-state index contributed by atoms with van der Waals surface area (Å²) in [4.78, 5) is 0. The van der Waals surface area contributed by atoms with E-state index in [1.54, 1.807) is 12.1 Å². The topological polar surface area (TPSA) is 12.0 Å². The number of aryl methyl sites for hydroxylation is 1. The minimum absolute atomic E-state index is 0.205. The van der Waals surface area contributed by atoms with Crippen molar-refractivity contribution in [1.82, 2.24) is 5.32 Å². The van der Waals surface area contributed by atoms with Gasteiger partial charge < -0.3 is 5.32 Å². The summed E-state index contributed by atoms with van der Waals surface area (Å²) in [6.07, 6.45) is 1.69. The van der Waals surface area contributed by atoms with Crippen LogP contribution in [0.2, 0.25) is 5.02 Å². The average molecular weight is 202 g/mol. The summed E-state index contributed by atoms with van der Waals surface area (Å²) in [6, 6.07) is 4.82. The molecule has 0 heterocycles. The Kier molecular flexibility index (Phi) is 4.19. The van der Waals surface area contributed by atoms with E-state index in [0.717, 1.165) is 24.9 Å². The van der Waals surface area contributed by atoms with Crippen molar-refractivity contribution in [2.24, 2.45) is 0 Å². The van der Waals surface area contributed by atoms with Gasteiger partial charge in [-0.15, -0.1) is 0 Å². The third-order valence-corrected chi connectivity index (χ3v) is 2.12. The van der Waals surface area contributed by atoms with E-state index in [2.05, 4.69) is 5.32 Å². The Morgan fingerprint density at radius 1 is 1.46 bits per heavy atom. The van der Waals surface area contributed by atoms with Crippen molar-refractivity contribution >= 4 is 11.6 Å². The van der Waals surface area contributed by atoms with Gasteiger partial charge in [0.25, 0.3) is 0 Å². The molecule has 0 aliphatic carbocycles. The van der Waals surface area contributed by atoms with E-state index in [9.17, 15) is 4.39 Å². The fourth-order valence-corrected chi connectivity index (χ4v) is 1.34. The van der Waals surface area contributed by atoms with Gasteiger partial charge >= 0.3 is 0 Å². The second-order valence-electron chi connectivity index (χ2n) is 2.94. The van der Waals surface area contributed by atoms with E-state index in [0.29, 0.717) is 5.02 Å². The molecule has 1 nitrogen and oxygen atoms in total. The molecule has 0 unspecified atom stereocenters. The van der Waals surface area contributed by atoms with E-state index >= 15 is 0 Å². The van der Waals surface area contributed by atoms with Gasteiger partial charge in [0.1, 0.15) is 5.82 Å². The maximum absolute atomic E-state index is 13.2. The normalized spacial score (nSPS) is 10.4. The highest BCUT2D eigenvalue weighted by molar-refractivity contribution is 6.30. The van der Waals surface area contributed by atoms with Gasteiger partial charge in [-0.3, -0.25) is 0 Å². The van der Waals surface area contributed by atoms with E-state index < -0.39 is 0 Å². The first kappa shape index (κ1) is 10.5. The number of halogens is 2. The zero-order valence-electron chi connectivity index (χ0n) is 7.61. The molecule has 3 heteroatoms. The zero-order chi connectivity index (χ0) is 9.68. The maximum Gasteiger partial charge on any atom is 0.127 e. The van der Waals surface area contributed by atoms with Crippen LogP contribution in [0.5, 0.6) is 0 Å². The second kappa shape index (κ2) is 5.20. The van der Waals surface area contributed by atoms with Crippen molar-refractivity contribution in [2.75, 3.05) is 13.6 Å². The number of nitrogens with one attached hydrogen (secondary N) is 1. The predicted octanol–water partition coefficient (Wildman–Crippen LogP) is 2.63. The van der Waals surface area contributed by atoms with Gasteiger partial charge in [-0.1, -0.05) is 17.7 Å². The maximum atomic E-state index is 13.2. The smallest absolute Gasteiger partial charge is 0.127 e. The zero-order valence-corrected chi connectivity index (χ0v) is 8.37. The molecule has 1 aromatic rings. The van der Waals surface area contributed by atoms with Gasteiger partial charge in [0.15, 0.2) is 0 Å². The van der Waals surface area contributed by atoms with E-state index in [4.69, 9.17) is 11.6 Å². The molecule has 0 aliphatic rings. The van der Waals surface area contributed by atoms with Crippen LogP contribution >= 0.6 is 11.6 Å².